The van der Waals surface area contributed by atoms with Crippen molar-refractivity contribution in [2.24, 2.45) is 0 Å². The van der Waals surface area contributed by atoms with E-state index in [9.17, 15) is 9.59 Å². The van der Waals surface area contributed by atoms with E-state index < -0.39 is 0 Å². The van der Waals surface area contributed by atoms with Gasteiger partial charge in [0.05, 0.1) is 0 Å². The maximum Gasteiger partial charge on any atom is 0.181 e. The number of hydrogen-bond donors (Lipinski definition) is 0. The quantitative estimate of drug-likeness (QED) is 0.495. The molecular weight excluding hydrogens is 140 g/mol. The molecule has 0 amide bonds. The lowest BCUT2D eigenvalue weighted by atomic mass is 10.1. The lowest BCUT2D eigenvalue weighted by molar-refractivity contribution is -0.114. The highest BCUT2D eigenvalue weighted by Gasteiger charge is 2.06. The van der Waals surface area contributed by atoms with Crippen molar-refractivity contribution in [3.05, 3.63) is 23.8 Å². The molecule has 2 nitrogen and oxygen atoms in total. The van der Waals surface area contributed by atoms with E-state index in [4.69, 9.17) is 0 Å². The summed E-state index contributed by atoms with van der Waals surface area (Å²) in [7, 11) is 0. The monoisotopic (exact) mass is 152 g/mol. The van der Waals surface area contributed by atoms with Crippen LogP contribution in [-0.2, 0) is 9.59 Å². The van der Waals surface area contributed by atoms with Crippen LogP contribution < -0.4 is 0 Å². The SMILES string of the molecule is CC.CC1=CC(=O)C=CC1=O. The number of carbonyl (C=O) groups is 2. The third-order valence-electron chi connectivity index (χ3n) is 1.15. The highest BCUT2D eigenvalue weighted by atomic mass is 16.1. The van der Waals surface area contributed by atoms with Gasteiger partial charge in [0.25, 0.3) is 0 Å². The maximum atomic E-state index is 10.6. The Kier molecular flexibility index (Phi) is 4.11. The molecule has 1 aliphatic rings. The first kappa shape index (κ1) is 9.82. The Balaban J connectivity index is 0.000000461. The van der Waals surface area contributed by atoms with Crippen molar-refractivity contribution >= 4 is 11.6 Å². The Hall–Kier alpha value is -1.18. The zero-order valence-corrected chi connectivity index (χ0v) is 7.05. The van der Waals surface area contributed by atoms with E-state index in [1.165, 1.54) is 18.2 Å². The molecular formula is C9H12O2. The molecule has 0 aromatic rings. The molecule has 0 unspecified atom stereocenters. The zero-order valence-electron chi connectivity index (χ0n) is 7.05. The van der Waals surface area contributed by atoms with Gasteiger partial charge < -0.3 is 0 Å². The van der Waals surface area contributed by atoms with Crippen molar-refractivity contribution in [3.63, 3.8) is 0 Å². The molecule has 0 atom stereocenters. The molecule has 0 fully saturated rings. The summed E-state index contributed by atoms with van der Waals surface area (Å²) in [6.45, 7) is 5.63. The molecule has 0 aromatic carbocycles. The van der Waals surface area contributed by atoms with Crippen LogP contribution in [0.2, 0.25) is 0 Å². The minimum absolute atomic E-state index is 0.0744. The molecule has 2 heteroatoms. The molecule has 0 saturated carbocycles. The van der Waals surface area contributed by atoms with Crippen LogP contribution in [0.5, 0.6) is 0 Å². The van der Waals surface area contributed by atoms with Crippen LogP contribution in [0, 0.1) is 0 Å². The molecule has 0 spiro atoms. The van der Waals surface area contributed by atoms with Crippen molar-refractivity contribution in [2.75, 3.05) is 0 Å². The van der Waals surface area contributed by atoms with E-state index in [0.29, 0.717) is 5.57 Å². The molecule has 0 heterocycles. The third kappa shape index (κ3) is 2.94. The van der Waals surface area contributed by atoms with Gasteiger partial charge in [-0.1, -0.05) is 13.8 Å². The zero-order chi connectivity index (χ0) is 8.85. The summed E-state index contributed by atoms with van der Waals surface area (Å²) in [4.78, 5) is 21.1. The summed E-state index contributed by atoms with van der Waals surface area (Å²) >= 11 is 0. The average molecular weight is 152 g/mol. The van der Waals surface area contributed by atoms with E-state index >= 15 is 0 Å². The molecule has 0 aliphatic heterocycles. The van der Waals surface area contributed by atoms with E-state index in [2.05, 4.69) is 0 Å². The highest BCUT2D eigenvalue weighted by Crippen LogP contribution is 2.02. The lowest BCUT2D eigenvalue weighted by Crippen LogP contribution is -2.03. The summed E-state index contributed by atoms with van der Waals surface area (Å²) in [5.41, 5.74) is 0.516. The highest BCUT2D eigenvalue weighted by molar-refractivity contribution is 6.16. The Bertz CT molecular complexity index is 222. The normalized spacial score (nSPS) is 15.4. The van der Waals surface area contributed by atoms with Gasteiger partial charge in [0, 0.05) is 5.57 Å². The van der Waals surface area contributed by atoms with Gasteiger partial charge in [-0.05, 0) is 25.2 Å². The molecule has 0 saturated heterocycles. The van der Waals surface area contributed by atoms with E-state index in [1.54, 1.807) is 6.92 Å². The largest absolute Gasteiger partial charge is 0.290 e. The Morgan fingerprint density at radius 1 is 1.09 bits per heavy atom. The summed E-state index contributed by atoms with van der Waals surface area (Å²) < 4.78 is 0. The third-order valence-corrected chi connectivity index (χ3v) is 1.15. The number of rotatable bonds is 0. The Morgan fingerprint density at radius 3 is 2.00 bits per heavy atom. The van der Waals surface area contributed by atoms with Crippen molar-refractivity contribution in [1.29, 1.82) is 0 Å². The number of ketones is 2. The first-order chi connectivity index (χ1) is 5.20. The smallest absolute Gasteiger partial charge is 0.181 e. The van der Waals surface area contributed by atoms with Crippen LogP contribution in [0.25, 0.3) is 0 Å². The van der Waals surface area contributed by atoms with Crippen LogP contribution in [0.3, 0.4) is 0 Å². The maximum absolute atomic E-state index is 10.6. The minimum Gasteiger partial charge on any atom is -0.290 e. The van der Waals surface area contributed by atoms with Crippen molar-refractivity contribution in [3.8, 4) is 0 Å². The Labute approximate surface area is 66.6 Å². The summed E-state index contributed by atoms with van der Waals surface area (Å²) in [6.07, 6.45) is 3.90. The van der Waals surface area contributed by atoms with Crippen LogP contribution in [0.1, 0.15) is 20.8 Å². The van der Waals surface area contributed by atoms with Crippen LogP contribution >= 0.6 is 0 Å². The summed E-state index contributed by atoms with van der Waals surface area (Å²) in [6, 6.07) is 0. The van der Waals surface area contributed by atoms with Gasteiger partial charge in [-0.2, -0.15) is 0 Å². The molecule has 60 valence electrons. The van der Waals surface area contributed by atoms with Gasteiger partial charge in [0.2, 0.25) is 0 Å². The van der Waals surface area contributed by atoms with Crippen LogP contribution in [0.4, 0.5) is 0 Å². The second-order valence-corrected chi connectivity index (χ2v) is 1.93. The number of allylic oxidation sites excluding steroid dienone is 4. The fraction of sp³-hybridized carbons (Fsp3) is 0.333. The van der Waals surface area contributed by atoms with E-state index in [1.807, 2.05) is 13.8 Å². The predicted octanol–water partition coefficient (Wildman–Crippen LogP) is 1.67. The first-order valence-corrected chi connectivity index (χ1v) is 3.65. The fourth-order valence-corrected chi connectivity index (χ4v) is 0.622. The second-order valence-electron chi connectivity index (χ2n) is 1.93. The lowest BCUT2D eigenvalue weighted by Gasteiger charge is -1.96. The van der Waals surface area contributed by atoms with E-state index in [0.717, 1.165) is 0 Å². The summed E-state index contributed by atoms with van der Waals surface area (Å²) in [5, 5.41) is 0. The van der Waals surface area contributed by atoms with Gasteiger partial charge in [-0.15, -0.1) is 0 Å². The van der Waals surface area contributed by atoms with Crippen molar-refractivity contribution < 1.29 is 9.59 Å². The predicted molar refractivity (Wildman–Crippen MR) is 44.3 cm³/mol. The van der Waals surface area contributed by atoms with E-state index in [-0.39, 0.29) is 11.6 Å². The van der Waals surface area contributed by atoms with Crippen LogP contribution in [0.15, 0.2) is 23.8 Å². The van der Waals surface area contributed by atoms with Crippen molar-refractivity contribution in [1.82, 2.24) is 0 Å². The van der Waals surface area contributed by atoms with Crippen LogP contribution in [-0.4, -0.2) is 11.6 Å². The number of carbonyl (C=O) groups excluding carboxylic acids is 2. The standard InChI is InChI=1S/C7H6O2.C2H6/c1-5-4-6(8)2-3-7(5)9;1-2/h2-4H,1H3;1-2H3. The summed E-state index contributed by atoms with van der Waals surface area (Å²) in [5.74, 6) is -0.179. The molecule has 0 bridgehead atoms. The minimum atomic E-state index is -0.105. The van der Waals surface area contributed by atoms with Gasteiger partial charge >= 0.3 is 0 Å². The molecule has 0 aromatic heterocycles. The molecule has 11 heavy (non-hydrogen) atoms. The molecule has 1 rings (SSSR count). The molecule has 0 N–H and O–H groups in total. The number of hydrogen-bond acceptors (Lipinski definition) is 2. The second kappa shape index (κ2) is 4.61. The van der Waals surface area contributed by atoms with Gasteiger partial charge in [-0.25, -0.2) is 0 Å². The van der Waals surface area contributed by atoms with Crippen molar-refractivity contribution in [2.45, 2.75) is 20.8 Å². The first-order valence-electron chi connectivity index (χ1n) is 3.65. The van der Waals surface area contributed by atoms with Gasteiger partial charge in [-0.3, -0.25) is 9.59 Å². The molecule has 0 radical (unpaired) electrons. The fourth-order valence-electron chi connectivity index (χ4n) is 0.622. The molecule has 1 aliphatic carbocycles. The Morgan fingerprint density at radius 2 is 1.64 bits per heavy atom. The van der Waals surface area contributed by atoms with Gasteiger partial charge in [0.15, 0.2) is 11.6 Å². The van der Waals surface area contributed by atoms with Gasteiger partial charge in [0.1, 0.15) is 0 Å². The average Bonchev–Trinajstić information content (AvgIpc) is 2.02. The topological polar surface area (TPSA) is 34.1 Å².